The molecule has 0 unspecified atom stereocenters. The largest absolute Gasteiger partial charge is 0.497 e. The average molecular weight is 277 g/mol. The molecule has 0 bridgehead atoms. The summed E-state index contributed by atoms with van der Waals surface area (Å²) in [4.78, 5) is 16.0. The van der Waals surface area contributed by atoms with Gasteiger partial charge in [-0.15, -0.1) is 6.58 Å². The molecule has 1 heterocycles. The quantitative estimate of drug-likeness (QED) is 0.626. The van der Waals surface area contributed by atoms with Crippen LogP contribution in [0.25, 0.3) is 10.2 Å². The molecule has 100 valence electrons. The van der Waals surface area contributed by atoms with Crippen molar-refractivity contribution in [3.63, 3.8) is 0 Å². The van der Waals surface area contributed by atoms with Crippen molar-refractivity contribution < 1.29 is 9.53 Å². The Labute approximate surface area is 115 Å². The number of fused-ring (bicyclic) bond motifs is 1. The number of carbonyl (C=O) groups excluding carboxylic acids is 1. The first-order valence-electron chi connectivity index (χ1n) is 5.79. The van der Waals surface area contributed by atoms with Crippen molar-refractivity contribution in [2.75, 3.05) is 25.5 Å². The molecule has 0 fully saturated rings. The van der Waals surface area contributed by atoms with Crippen LogP contribution >= 0.6 is 11.3 Å². The van der Waals surface area contributed by atoms with E-state index in [0.717, 1.165) is 16.0 Å². The maximum absolute atomic E-state index is 11.6. The third kappa shape index (κ3) is 3.52. The smallest absolute Gasteiger partial charge is 0.240 e. The van der Waals surface area contributed by atoms with Gasteiger partial charge in [-0.3, -0.25) is 4.79 Å². The van der Waals surface area contributed by atoms with Crippen LogP contribution in [0.2, 0.25) is 0 Å². The molecule has 0 saturated heterocycles. The molecule has 0 aliphatic heterocycles. The topological polar surface area (TPSA) is 63.2 Å². The Morgan fingerprint density at radius 1 is 1.58 bits per heavy atom. The van der Waals surface area contributed by atoms with Crippen molar-refractivity contribution in [1.29, 1.82) is 0 Å². The van der Waals surface area contributed by atoms with Crippen LogP contribution in [0, 0.1) is 0 Å². The minimum atomic E-state index is -0.118. The first-order chi connectivity index (χ1) is 9.22. The monoisotopic (exact) mass is 277 g/mol. The van der Waals surface area contributed by atoms with Crippen molar-refractivity contribution in [2.45, 2.75) is 0 Å². The second-order valence-corrected chi connectivity index (χ2v) is 4.85. The zero-order valence-electron chi connectivity index (χ0n) is 10.6. The van der Waals surface area contributed by atoms with Gasteiger partial charge in [-0.1, -0.05) is 17.4 Å². The number of amides is 1. The van der Waals surface area contributed by atoms with Crippen molar-refractivity contribution >= 4 is 32.6 Å². The molecule has 0 aliphatic carbocycles. The van der Waals surface area contributed by atoms with Gasteiger partial charge >= 0.3 is 0 Å². The van der Waals surface area contributed by atoms with Gasteiger partial charge in [0, 0.05) is 6.54 Å². The molecular formula is C13H15N3O2S. The second-order valence-electron chi connectivity index (χ2n) is 3.82. The molecule has 2 N–H and O–H groups in total. The van der Waals surface area contributed by atoms with Crippen LogP contribution in [-0.2, 0) is 4.79 Å². The standard InChI is InChI=1S/C13H15N3O2S/c1-3-6-14-8-12(17)16-13-15-10-5-4-9(18-2)7-11(10)19-13/h3-5,7,14H,1,6,8H2,2H3,(H,15,16,17). The Balaban J connectivity index is 2.04. The number of nitrogens with one attached hydrogen (secondary N) is 2. The van der Waals surface area contributed by atoms with Crippen molar-refractivity contribution in [3.8, 4) is 5.75 Å². The molecular weight excluding hydrogens is 262 g/mol. The van der Waals surface area contributed by atoms with E-state index < -0.39 is 0 Å². The summed E-state index contributed by atoms with van der Waals surface area (Å²) >= 11 is 1.42. The van der Waals surface area contributed by atoms with Crippen LogP contribution in [0.4, 0.5) is 5.13 Å². The van der Waals surface area contributed by atoms with E-state index in [2.05, 4.69) is 22.2 Å². The van der Waals surface area contributed by atoms with Crippen LogP contribution in [0.1, 0.15) is 0 Å². The predicted octanol–water partition coefficient (Wildman–Crippen LogP) is 2.02. The molecule has 2 rings (SSSR count). The number of rotatable bonds is 6. The summed E-state index contributed by atoms with van der Waals surface area (Å²) in [5, 5.41) is 6.28. The second kappa shape index (κ2) is 6.31. The lowest BCUT2D eigenvalue weighted by molar-refractivity contribution is -0.115. The SMILES string of the molecule is C=CCNCC(=O)Nc1nc2ccc(OC)cc2s1. The normalized spacial score (nSPS) is 10.4. The van der Waals surface area contributed by atoms with E-state index in [1.165, 1.54) is 11.3 Å². The summed E-state index contributed by atoms with van der Waals surface area (Å²) in [6.07, 6.45) is 1.71. The number of methoxy groups -OCH3 is 1. The van der Waals surface area contributed by atoms with Crippen molar-refractivity contribution in [2.24, 2.45) is 0 Å². The first-order valence-corrected chi connectivity index (χ1v) is 6.60. The summed E-state index contributed by atoms with van der Waals surface area (Å²) < 4.78 is 6.13. The number of nitrogens with zero attached hydrogens (tertiary/aromatic N) is 1. The van der Waals surface area contributed by atoms with Crippen LogP contribution in [0.5, 0.6) is 5.75 Å². The van der Waals surface area contributed by atoms with Gasteiger partial charge in [0.05, 0.1) is 23.9 Å². The van der Waals surface area contributed by atoms with E-state index in [0.29, 0.717) is 11.7 Å². The molecule has 19 heavy (non-hydrogen) atoms. The molecule has 2 aromatic rings. The van der Waals surface area contributed by atoms with Gasteiger partial charge in [0.1, 0.15) is 5.75 Å². The molecule has 0 atom stereocenters. The average Bonchev–Trinajstić information content (AvgIpc) is 2.79. The lowest BCUT2D eigenvalue weighted by atomic mass is 10.3. The fourth-order valence-corrected chi connectivity index (χ4v) is 2.45. The molecule has 0 aliphatic rings. The number of hydrogen-bond donors (Lipinski definition) is 2. The van der Waals surface area contributed by atoms with Gasteiger partial charge in [0.15, 0.2) is 5.13 Å². The number of carbonyl (C=O) groups is 1. The summed E-state index contributed by atoms with van der Waals surface area (Å²) in [5.41, 5.74) is 0.847. The van der Waals surface area contributed by atoms with Gasteiger partial charge in [-0.2, -0.15) is 0 Å². The zero-order valence-corrected chi connectivity index (χ0v) is 11.4. The summed E-state index contributed by atoms with van der Waals surface area (Å²) in [6.45, 7) is 4.41. The third-order valence-corrected chi connectivity index (χ3v) is 3.35. The number of aromatic nitrogens is 1. The maximum Gasteiger partial charge on any atom is 0.240 e. The van der Waals surface area contributed by atoms with E-state index in [-0.39, 0.29) is 12.5 Å². The van der Waals surface area contributed by atoms with E-state index >= 15 is 0 Å². The van der Waals surface area contributed by atoms with E-state index in [4.69, 9.17) is 4.74 Å². The molecule has 5 nitrogen and oxygen atoms in total. The van der Waals surface area contributed by atoms with E-state index in [1.54, 1.807) is 13.2 Å². The van der Waals surface area contributed by atoms with E-state index in [9.17, 15) is 4.79 Å². The highest BCUT2D eigenvalue weighted by molar-refractivity contribution is 7.22. The molecule has 0 radical (unpaired) electrons. The van der Waals surface area contributed by atoms with Crippen LogP contribution < -0.4 is 15.4 Å². The molecule has 0 saturated carbocycles. The number of benzene rings is 1. The third-order valence-electron chi connectivity index (χ3n) is 2.42. The fourth-order valence-electron chi connectivity index (χ4n) is 1.54. The summed E-state index contributed by atoms with van der Waals surface area (Å²) in [6, 6.07) is 5.62. The molecule has 6 heteroatoms. The summed E-state index contributed by atoms with van der Waals surface area (Å²) in [7, 11) is 1.62. The predicted molar refractivity (Wildman–Crippen MR) is 77.9 cm³/mol. The minimum absolute atomic E-state index is 0.118. The Morgan fingerprint density at radius 2 is 2.42 bits per heavy atom. The highest BCUT2D eigenvalue weighted by Gasteiger charge is 2.08. The highest BCUT2D eigenvalue weighted by atomic mass is 32.1. The number of anilines is 1. The zero-order chi connectivity index (χ0) is 13.7. The van der Waals surface area contributed by atoms with Gasteiger partial charge in [-0.05, 0) is 18.2 Å². The fraction of sp³-hybridized carbons (Fsp3) is 0.231. The van der Waals surface area contributed by atoms with Gasteiger partial charge in [0.2, 0.25) is 5.91 Å². The Morgan fingerprint density at radius 3 is 3.16 bits per heavy atom. The summed E-state index contributed by atoms with van der Waals surface area (Å²) in [5.74, 6) is 0.662. The first kappa shape index (κ1) is 13.5. The molecule has 1 aromatic heterocycles. The van der Waals surface area contributed by atoms with Crippen molar-refractivity contribution in [1.82, 2.24) is 10.3 Å². The Kier molecular flexibility index (Phi) is 4.48. The number of ether oxygens (including phenoxy) is 1. The van der Waals surface area contributed by atoms with Crippen LogP contribution in [0.3, 0.4) is 0 Å². The maximum atomic E-state index is 11.6. The van der Waals surface area contributed by atoms with Crippen LogP contribution in [0.15, 0.2) is 30.9 Å². The van der Waals surface area contributed by atoms with Gasteiger partial charge in [0.25, 0.3) is 0 Å². The lowest BCUT2D eigenvalue weighted by Crippen LogP contribution is -2.27. The molecule has 1 aromatic carbocycles. The highest BCUT2D eigenvalue weighted by Crippen LogP contribution is 2.28. The number of hydrogen-bond acceptors (Lipinski definition) is 5. The van der Waals surface area contributed by atoms with Gasteiger partial charge in [-0.25, -0.2) is 4.98 Å². The molecule has 1 amide bonds. The van der Waals surface area contributed by atoms with Crippen LogP contribution in [-0.4, -0.2) is 31.1 Å². The van der Waals surface area contributed by atoms with Gasteiger partial charge < -0.3 is 15.4 Å². The minimum Gasteiger partial charge on any atom is -0.497 e. The molecule has 0 spiro atoms. The Hall–Kier alpha value is -1.92. The van der Waals surface area contributed by atoms with Crippen molar-refractivity contribution in [3.05, 3.63) is 30.9 Å². The Bertz CT molecular complexity index is 595. The number of thiazole rings is 1. The van der Waals surface area contributed by atoms with E-state index in [1.807, 2.05) is 18.2 Å². The lowest BCUT2D eigenvalue weighted by Gasteiger charge is -2.01.